The van der Waals surface area contributed by atoms with Gasteiger partial charge in [0.2, 0.25) is 5.91 Å². The third kappa shape index (κ3) is 3.99. The molecule has 2 bridgehead atoms. The second-order valence-electron chi connectivity index (χ2n) is 7.32. The lowest BCUT2D eigenvalue weighted by Gasteiger charge is -2.42. The molecule has 3 aliphatic rings. The van der Waals surface area contributed by atoms with Crippen LogP contribution >= 0.6 is 0 Å². The van der Waals surface area contributed by atoms with Gasteiger partial charge in [-0.2, -0.15) is 13.2 Å². The summed E-state index contributed by atoms with van der Waals surface area (Å²) >= 11 is 0. The average molecular weight is 333 g/mol. The van der Waals surface area contributed by atoms with Crippen molar-refractivity contribution in [3.8, 4) is 0 Å². The van der Waals surface area contributed by atoms with Crippen molar-refractivity contribution in [3.05, 3.63) is 0 Å². The molecule has 23 heavy (non-hydrogen) atoms. The van der Waals surface area contributed by atoms with Gasteiger partial charge in [-0.05, 0) is 38.0 Å². The molecule has 3 rings (SSSR count). The lowest BCUT2D eigenvalue weighted by Crippen LogP contribution is -2.56. The van der Waals surface area contributed by atoms with E-state index in [4.69, 9.17) is 0 Å². The van der Waals surface area contributed by atoms with Gasteiger partial charge >= 0.3 is 6.18 Å². The normalized spacial score (nSPS) is 33.8. The van der Waals surface area contributed by atoms with Crippen LogP contribution in [0.1, 0.15) is 32.6 Å². The molecule has 2 saturated carbocycles. The van der Waals surface area contributed by atoms with Crippen LogP contribution < -0.4 is 5.32 Å². The van der Waals surface area contributed by atoms with E-state index in [9.17, 15) is 18.0 Å². The summed E-state index contributed by atoms with van der Waals surface area (Å²) < 4.78 is 36.6. The number of carbonyl (C=O) groups is 1. The fraction of sp³-hybridized carbons (Fsp3) is 0.938. The van der Waals surface area contributed by atoms with Gasteiger partial charge in [-0.1, -0.05) is 6.42 Å². The highest BCUT2D eigenvalue weighted by Gasteiger charge is 2.43. The van der Waals surface area contributed by atoms with Crippen molar-refractivity contribution in [3.63, 3.8) is 0 Å². The Bertz CT molecular complexity index is 435. The molecule has 1 amide bonds. The van der Waals surface area contributed by atoms with Crippen molar-refractivity contribution in [1.82, 2.24) is 15.1 Å². The van der Waals surface area contributed by atoms with Crippen LogP contribution in [0.4, 0.5) is 13.2 Å². The van der Waals surface area contributed by atoms with Crippen LogP contribution in [0.3, 0.4) is 0 Å². The number of halogens is 3. The van der Waals surface area contributed by atoms with Gasteiger partial charge in [-0.3, -0.25) is 14.6 Å². The van der Waals surface area contributed by atoms with E-state index in [-0.39, 0.29) is 0 Å². The first-order chi connectivity index (χ1) is 10.8. The molecule has 4 nitrogen and oxygen atoms in total. The zero-order chi connectivity index (χ0) is 16.6. The summed E-state index contributed by atoms with van der Waals surface area (Å²) in [6.45, 7) is 3.80. The third-order valence-corrected chi connectivity index (χ3v) is 5.91. The summed E-state index contributed by atoms with van der Waals surface area (Å²) in [6, 6.07) is 0.199. The minimum absolute atomic E-state index is 0.500. The molecule has 1 saturated heterocycles. The lowest BCUT2D eigenvalue weighted by molar-refractivity contribution is -0.141. The highest BCUT2D eigenvalue weighted by atomic mass is 19.4. The Kier molecular flexibility index (Phi) is 4.88. The Morgan fingerprint density at radius 3 is 2.39 bits per heavy atom. The van der Waals surface area contributed by atoms with E-state index in [0.717, 1.165) is 38.0 Å². The van der Waals surface area contributed by atoms with Crippen molar-refractivity contribution < 1.29 is 18.0 Å². The number of alkyl halides is 3. The molecular formula is C16H26F3N3O. The van der Waals surface area contributed by atoms with Crippen molar-refractivity contribution in [1.29, 1.82) is 0 Å². The van der Waals surface area contributed by atoms with Crippen LogP contribution in [0.25, 0.3) is 0 Å². The summed E-state index contributed by atoms with van der Waals surface area (Å²) in [7, 11) is 0. The number of carbonyl (C=O) groups excluding carboxylic acids is 1. The van der Waals surface area contributed by atoms with E-state index in [1.807, 2.05) is 10.2 Å². The number of nitrogens with zero attached hydrogens (tertiary/aromatic N) is 2. The van der Waals surface area contributed by atoms with Gasteiger partial charge in [0.05, 0.1) is 6.04 Å². The smallest absolute Gasteiger partial charge is 0.346 e. The number of fused-ring (bicyclic) bond motifs is 2. The van der Waals surface area contributed by atoms with Gasteiger partial charge in [-0.15, -0.1) is 0 Å². The minimum Gasteiger partial charge on any atom is -0.346 e. The second kappa shape index (κ2) is 6.59. The fourth-order valence-electron chi connectivity index (χ4n) is 4.62. The Morgan fingerprint density at radius 1 is 1.17 bits per heavy atom. The number of piperazine rings is 1. The first-order valence-corrected chi connectivity index (χ1v) is 8.66. The van der Waals surface area contributed by atoms with E-state index >= 15 is 0 Å². The van der Waals surface area contributed by atoms with Gasteiger partial charge in [0, 0.05) is 32.2 Å². The maximum absolute atomic E-state index is 12.2. The van der Waals surface area contributed by atoms with Gasteiger partial charge in [0.15, 0.2) is 0 Å². The van der Waals surface area contributed by atoms with E-state index in [1.165, 1.54) is 25.7 Å². The predicted molar refractivity (Wildman–Crippen MR) is 80.9 cm³/mol. The van der Waals surface area contributed by atoms with Gasteiger partial charge in [0.25, 0.3) is 0 Å². The third-order valence-electron chi connectivity index (χ3n) is 5.91. The highest BCUT2D eigenvalue weighted by Crippen LogP contribution is 2.46. The summed E-state index contributed by atoms with van der Waals surface area (Å²) in [5.74, 6) is 1.23. The number of rotatable bonds is 4. The van der Waals surface area contributed by atoms with E-state index in [1.54, 1.807) is 6.92 Å². The molecule has 4 atom stereocenters. The Hall–Kier alpha value is -0.820. The first kappa shape index (κ1) is 17.0. The number of amides is 1. The predicted octanol–water partition coefficient (Wildman–Crippen LogP) is 1.86. The van der Waals surface area contributed by atoms with Gasteiger partial charge in [-0.25, -0.2) is 0 Å². The number of hydrogen-bond acceptors (Lipinski definition) is 3. The van der Waals surface area contributed by atoms with Crippen LogP contribution in [0.15, 0.2) is 0 Å². The SMILES string of the molecule is C[C@H](C(=O)NCC(F)(F)F)N1CCN([C@H]2C[C@H]3CC[C@H]2C3)CC1. The molecule has 3 fully saturated rings. The zero-order valence-electron chi connectivity index (χ0n) is 13.6. The molecule has 0 spiro atoms. The molecule has 132 valence electrons. The summed E-state index contributed by atoms with van der Waals surface area (Å²) in [5, 5.41) is 1.99. The quantitative estimate of drug-likeness (QED) is 0.853. The molecular weight excluding hydrogens is 307 g/mol. The Labute approximate surface area is 135 Å². The second-order valence-corrected chi connectivity index (χ2v) is 7.32. The monoisotopic (exact) mass is 333 g/mol. The van der Waals surface area contributed by atoms with Gasteiger partial charge in [0.1, 0.15) is 6.54 Å². The van der Waals surface area contributed by atoms with E-state index in [0.29, 0.717) is 6.04 Å². The summed E-state index contributed by atoms with van der Waals surface area (Å²) in [4.78, 5) is 16.4. The van der Waals surface area contributed by atoms with Crippen molar-refractivity contribution in [2.45, 2.75) is 50.9 Å². The zero-order valence-corrected chi connectivity index (χ0v) is 13.6. The largest absolute Gasteiger partial charge is 0.405 e. The Balaban J connectivity index is 1.44. The summed E-state index contributed by atoms with van der Waals surface area (Å²) in [6.07, 6.45) is 1.08. The number of hydrogen-bond donors (Lipinski definition) is 1. The van der Waals surface area contributed by atoms with Crippen molar-refractivity contribution in [2.24, 2.45) is 11.8 Å². The molecule has 2 aliphatic carbocycles. The molecule has 0 aromatic carbocycles. The van der Waals surface area contributed by atoms with Crippen molar-refractivity contribution >= 4 is 5.91 Å². The van der Waals surface area contributed by atoms with Crippen LogP contribution in [-0.2, 0) is 4.79 Å². The standard InChI is InChI=1S/C16H26F3N3O/c1-11(15(23)20-10-16(17,18)19)21-4-6-22(7-5-21)14-9-12-2-3-13(14)8-12/h11-14H,2-10H2,1H3,(H,20,23)/t11-,12+,13+,14+/m1/s1. The molecule has 0 aromatic rings. The minimum atomic E-state index is -4.35. The fourth-order valence-corrected chi connectivity index (χ4v) is 4.62. The highest BCUT2D eigenvalue weighted by molar-refractivity contribution is 5.81. The average Bonchev–Trinajstić information content (AvgIpc) is 3.14. The molecule has 1 N–H and O–H groups in total. The maximum atomic E-state index is 12.2. The Morgan fingerprint density at radius 2 is 1.87 bits per heavy atom. The van der Waals surface area contributed by atoms with Crippen LogP contribution in [0.5, 0.6) is 0 Å². The molecule has 1 heterocycles. The topological polar surface area (TPSA) is 35.6 Å². The van der Waals surface area contributed by atoms with E-state index in [2.05, 4.69) is 4.90 Å². The molecule has 0 radical (unpaired) electrons. The molecule has 0 aromatic heterocycles. The lowest BCUT2D eigenvalue weighted by atomic mass is 9.93. The van der Waals surface area contributed by atoms with E-state index < -0.39 is 24.7 Å². The summed E-state index contributed by atoms with van der Waals surface area (Å²) in [5.41, 5.74) is 0. The maximum Gasteiger partial charge on any atom is 0.405 e. The van der Waals surface area contributed by atoms with Crippen LogP contribution in [0, 0.1) is 11.8 Å². The number of nitrogens with one attached hydrogen (secondary N) is 1. The molecule has 1 aliphatic heterocycles. The molecule has 0 unspecified atom stereocenters. The van der Waals surface area contributed by atoms with Crippen LogP contribution in [-0.4, -0.2) is 66.7 Å². The first-order valence-electron chi connectivity index (χ1n) is 8.66. The van der Waals surface area contributed by atoms with Gasteiger partial charge < -0.3 is 5.32 Å². The molecule has 7 heteroatoms. The van der Waals surface area contributed by atoms with Crippen molar-refractivity contribution in [2.75, 3.05) is 32.7 Å². The van der Waals surface area contributed by atoms with Crippen LogP contribution in [0.2, 0.25) is 0 Å².